The van der Waals surface area contributed by atoms with E-state index in [1.807, 2.05) is 6.07 Å². The molecule has 0 amide bonds. The Morgan fingerprint density at radius 2 is 1.82 bits per heavy atom. The molecule has 1 aromatic carbocycles. The number of hydrogen-bond acceptors (Lipinski definition) is 2. The van der Waals surface area contributed by atoms with Gasteiger partial charge in [-0.1, -0.05) is 49.6 Å². The van der Waals surface area contributed by atoms with Crippen molar-refractivity contribution < 1.29 is 9.84 Å². The van der Waals surface area contributed by atoms with Crippen LogP contribution in [-0.2, 0) is 4.74 Å². The van der Waals surface area contributed by atoms with E-state index in [4.69, 9.17) is 9.84 Å². The molecular formula is C15H22O2. The van der Waals surface area contributed by atoms with Crippen LogP contribution >= 0.6 is 0 Å². The number of ether oxygens (including phenoxy) is 1. The summed E-state index contributed by atoms with van der Waals surface area (Å²) < 4.78 is 5.87. The predicted molar refractivity (Wildman–Crippen MR) is 68.8 cm³/mol. The third kappa shape index (κ3) is 3.55. The van der Waals surface area contributed by atoms with Gasteiger partial charge < -0.3 is 9.84 Å². The zero-order chi connectivity index (χ0) is 11.9. The van der Waals surface area contributed by atoms with Crippen molar-refractivity contribution in [3.8, 4) is 0 Å². The van der Waals surface area contributed by atoms with Crippen LogP contribution in [0.1, 0.15) is 43.8 Å². The van der Waals surface area contributed by atoms with Gasteiger partial charge in [0.1, 0.15) is 0 Å². The minimum absolute atomic E-state index is 0.107. The number of hydrogen-bond donors (Lipinski definition) is 1. The molecule has 94 valence electrons. The van der Waals surface area contributed by atoms with Crippen LogP contribution in [0, 0.1) is 5.92 Å². The number of aliphatic hydroxyl groups excluding tert-OH is 1. The lowest BCUT2D eigenvalue weighted by Gasteiger charge is -2.30. The van der Waals surface area contributed by atoms with Crippen LogP contribution < -0.4 is 0 Å². The Hall–Kier alpha value is -0.860. The second-order valence-corrected chi connectivity index (χ2v) is 4.82. The molecule has 1 aromatic rings. The van der Waals surface area contributed by atoms with Crippen LogP contribution in [0.4, 0.5) is 0 Å². The highest BCUT2D eigenvalue weighted by atomic mass is 16.5. The fourth-order valence-electron chi connectivity index (χ4n) is 2.76. The zero-order valence-electron chi connectivity index (χ0n) is 10.3. The summed E-state index contributed by atoms with van der Waals surface area (Å²) in [5.41, 5.74) is 1.26. The van der Waals surface area contributed by atoms with Gasteiger partial charge in [0, 0.05) is 0 Å². The number of rotatable bonds is 5. The van der Waals surface area contributed by atoms with Crippen LogP contribution in [0.25, 0.3) is 0 Å². The Morgan fingerprint density at radius 3 is 2.47 bits per heavy atom. The minimum Gasteiger partial charge on any atom is -0.394 e. The fourth-order valence-corrected chi connectivity index (χ4v) is 2.76. The second kappa shape index (κ2) is 6.77. The summed E-state index contributed by atoms with van der Waals surface area (Å²) in [6, 6.07) is 10.4. The highest BCUT2D eigenvalue weighted by Gasteiger charge is 2.25. The van der Waals surface area contributed by atoms with E-state index in [1.54, 1.807) is 0 Å². The maximum Gasteiger partial charge on any atom is 0.0854 e. The Balaban J connectivity index is 2.06. The van der Waals surface area contributed by atoms with Crippen LogP contribution in [-0.4, -0.2) is 18.3 Å². The third-order valence-corrected chi connectivity index (χ3v) is 3.59. The molecule has 2 heteroatoms. The lowest BCUT2D eigenvalue weighted by molar-refractivity contribution is -0.0170. The van der Waals surface area contributed by atoms with Gasteiger partial charge in [-0.25, -0.2) is 0 Å². The molecule has 0 spiro atoms. The van der Waals surface area contributed by atoms with E-state index < -0.39 is 0 Å². The van der Waals surface area contributed by atoms with Crippen molar-refractivity contribution in [1.29, 1.82) is 0 Å². The van der Waals surface area contributed by atoms with Crippen molar-refractivity contribution in [3.63, 3.8) is 0 Å². The number of aliphatic hydroxyl groups is 1. The smallest absolute Gasteiger partial charge is 0.0854 e. The lowest BCUT2D eigenvalue weighted by Crippen LogP contribution is -2.20. The monoisotopic (exact) mass is 234 g/mol. The summed E-state index contributed by atoms with van der Waals surface area (Å²) in [6.07, 6.45) is 6.67. The van der Waals surface area contributed by atoms with Crippen LogP contribution in [0.3, 0.4) is 0 Å². The summed E-state index contributed by atoms with van der Waals surface area (Å²) in [4.78, 5) is 0. The average molecular weight is 234 g/mol. The van der Waals surface area contributed by atoms with Gasteiger partial charge in [-0.05, 0) is 24.3 Å². The zero-order valence-corrected chi connectivity index (χ0v) is 10.3. The summed E-state index contributed by atoms with van der Waals surface area (Å²) >= 11 is 0. The molecule has 1 fully saturated rings. The van der Waals surface area contributed by atoms with E-state index in [9.17, 15) is 0 Å². The Kier molecular flexibility index (Phi) is 5.02. The molecule has 1 atom stereocenters. The summed E-state index contributed by atoms with van der Waals surface area (Å²) in [6.45, 7) is 0.548. The largest absolute Gasteiger partial charge is 0.394 e. The molecule has 1 aliphatic rings. The first kappa shape index (κ1) is 12.6. The molecular weight excluding hydrogens is 212 g/mol. The van der Waals surface area contributed by atoms with Gasteiger partial charge in [0.15, 0.2) is 0 Å². The van der Waals surface area contributed by atoms with Crippen LogP contribution in [0.15, 0.2) is 30.3 Å². The minimum atomic E-state index is 0.107. The van der Waals surface area contributed by atoms with Gasteiger partial charge in [-0.2, -0.15) is 0 Å². The van der Waals surface area contributed by atoms with E-state index >= 15 is 0 Å². The van der Waals surface area contributed by atoms with Crippen molar-refractivity contribution >= 4 is 0 Å². The number of benzene rings is 1. The molecule has 0 radical (unpaired) electrons. The molecule has 2 nitrogen and oxygen atoms in total. The summed E-state index contributed by atoms with van der Waals surface area (Å²) in [5.74, 6) is 0.623. The SMILES string of the molecule is OCCOC(c1ccccc1)C1CCCCC1. The molecule has 0 saturated heterocycles. The quantitative estimate of drug-likeness (QED) is 0.847. The Morgan fingerprint density at radius 1 is 1.12 bits per heavy atom. The average Bonchev–Trinajstić information content (AvgIpc) is 2.42. The highest BCUT2D eigenvalue weighted by Crippen LogP contribution is 2.36. The first-order valence-corrected chi connectivity index (χ1v) is 6.69. The molecule has 0 heterocycles. The van der Waals surface area contributed by atoms with Gasteiger partial charge >= 0.3 is 0 Å². The first-order valence-electron chi connectivity index (χ1n) is 6.69. The maximum absolute atomic E-state index is 8.94. The van der Waals surface area contributed by atoms with E-state index in [2.05, 4.69) is 24.3 Å². The van der Waals surface area contributed by atoms with Crippen LogP contribution in [0.2, 0.25) is 0 Å². The van der Waals surface area contributed by atoms with Crippen LogP contribution in [0.5, 0.6) is 0 Å². The summed E-state index contributed by atoms with van der Waals surface area (Å²) in [7, 11) is 0. The van der Waals surface area contributed by atoms with Crippen molar-refractivity contribution in [2.45, 2.75) is 38.2 Å². The Bertz CT molecular complexity index is 304. The maximum atomic E-state index is 8.94. The molecule has 0 aliphatic heterocycles. The van der Waals surface area contributed by atoms with E-state index in [0.29, 0.717) is 12.5 Å². The highest BCUT2D eigenvalue weighted by molar-refractivity contribution is 5.18. The normalized spacial score (nSPS) is 19.1. The second-order valence-electron chi connectivity index (χ2n) is 4.82. The van der Waals surface area contributed by atoms with Gasteiger partial charge in [0.25, 0.3) is 0 Å². The summed E-state index contributed by atoms with van der Waals surface area (Å²) in [5, 5.41) is 8.94. The molecule has 1 saturated carbocycles. The topological polar surface area (TPSA) is 29.5 Å². The van der Waals surface area contributed by atoms with E-state index in [1.165, 1.54) is 37.7 Å². The molecule has 17 heavy (non-hydrogen) atoms. The molecule has 1 unspecified atom stereocenters. The van der Waals surface area contributed by atoms with Gasteiger partial charge in [-0.3, -0.25) is 0 Å². The lowest BCUT2D eigenvalue weighted by atomic mass is 9.82. The van der Waals surface area contributed by atoms with Crippen molar-refractivity contribution in [2.24, 2.45) is 5.92 Å². The molecule has 0 aromatic heterocycles. The molecule has 2 rings (SSSR count). The van der Waals surface area contributed by atoms with E-state index in [0.717, 1.165) is 0 Å². The van der Waals surface area contributed by atoms with Crippen molar-refractivity contribution in [2.75, 3.05) is 13.2 Å². The fraction of sp³-hybridized carbons (Fsp3) is 0.600. The van der Waals surface area contributed by atoms with E-state index in [-0.39, 0.29) is 12.7 Å². The Labute approximate surface area is 104 Å². The van der Waals surface area contributed by atoms with Gasteiger partial charge in [-0.15, -0.1) is 0 Å². The standard InChI is InChI=1S/C15H22O2/c16-11-12-17-15(13-7-3-1-4-8-13)14-9-5-2-6-10-14/h1,3-4,7-8,14-16H,2,5-6,9-12H2. The van der Waals surface area contributed by atoms with Gasteiger partial charge in [0.05, 0.1) is 19.3 Å². The third-order valence-electron chi connectivity index (χ3n) is 3.59. The molecule has 1 N–H and O–H groups in total. The molecule has 0 bridgehead atoms. The van der Waals surface area contributed by atoms with Crippen molar-refractivity contribution in [3.05, 3.63) is 35.9 Å². The molecule has 1 aliphatic carbocycles. The van der Waals surface area contributed by atoms with Crippen molar-refractivity contribution in [1.82, 2.24) is 0 Å². The van der Waals surface area contributed by atoms with Gasteiger partial charge in [0.2, 0.25) is 0 Å². The first-order chi connectivity index (χ1) is 8.42. The predicted octanol–water partition coefficient (Wildman–Crippen LogP) is 3.32.